The van der Waals surface area contributed by atoms with Gasteiger partial charge in [-0.2, -0.15) is 0 Å². The highest BCUT2D eigenvalue weighted by atomic mass is 32.1. The molecule has 0 spiro atoms. The summed E-state index contributed by atoms with van der Waals surface area (Å²) in [6.07, 6.45) is 0. The summed E-state index contributed by atoms with van der Waals surface area (Å²) < 4.78 is 10.9. The van der Waals surface area contributed by atoms with Gasteiger partial charge in [-0.3, -0.25) is 4.90 Å². The Labute approximate surface area is 171 Å². The molecule has 0 bridgehead atoms. The minimum Gasteiger partial charge on any atom is -0.508 e. The van der Waals surface area contributed by atoms with Crippen LogP contribution in [0, 0.1) is 0 Å². The summed E-state index contributed by atoms with van der Waals surface area (Å²) in [4.78, 5) is 4.32. The van der Waals surface area contributed by atoms with Gasteiger partial charge in [0, 0.05) is 31.7 Å². The number of hydrogen-bond acceptors (Lipinski definition) is 5. The number of thiocarbonyl (C=S) groups is 1. The predicted octanol–water partition coefficient (Wildman–Crippen LogP) is 2.61. The molecule has 1 saturated heterocycles. The number of ether oxygens (including phenoxy) is 2. The first-order chi connectivity index (χ1) is 13.7. The highest BCUT2D eigenvalue weighted by Crippen LogP contribution is 2.30. The summed E-state index contributed by atoms with van der Waals surface area (Å²) in [6, 6.07) is 15.0. The molecule has 7 heteroatoms. The second-order valence-electron chi connectivity index (χ2n) is 6.57. The lowest BCUT2D eigenvalue weighted by Gasteiger charge is -2.30. The number of phenols is 1. The summed E-state index contributed by atoms with van der Waals surface area (Å²) in [5.74, 6) is 0.980. The lowest BCUT2D eigenvalue weighted by Crippen LogP contribution is -2.45. The van der Waals surface area contributed by atoms with Crippen molar-refractivity contribution in [2.75, 3.05) is 51.4 Å². The predicted molar refractivity (Wildman–Crippen MR) is 115 cm³/mol. The highest BCUT2D eigenvalue weighted by molar-refractivity contribution is 7.80. The molecule has 0 unspecified atom stereocenters. The van der Waals surface area contributed by atoms with E-state index in [1.54, 1.807) is 13.2 Å². The molecule has 1 fully saturated rings. The molecule has 2 aromatic rings. The molecule has 1 heterocycles. The fourth-order valence-electron chi connectivity index (χ4n) is 3.18. The molecule has 6 nitrogen and oxygen atoms in total. The number of para-hydroxylation sites is 3. The summed E-state index contributed by atoms with van der Waals surface area (Å²) in [6.45, 7) is 5.54. The number of phenolic OH excluding ortho intramolecular Hbond substituents is 1. The Balaban J connectivity index is 1.73. The van der Waals surface area contributed by atoms with E-state index < -0.39 is 0 Å². The van der Waals surface area contributed by atoms with Crippen LogP contribution in [0.25, 0.3) is 0 Å². The van der Waals surface area contributed by atoms with Gasteiger partial charge in [-0.05, 0) is 30.4 Å². The molecule has 150 valence electrons. The van der Waals surface area contributed by atoms with Gasteiger partial charge in [-0.15, -0.1) is 0 Å². The molecule has 1 aliphatic rings. The maximum absolute atomic E-state index is 10.2. The number of aromatic hydroxyl groups is 1. The van der Waals surface area contributed by atoms with E-state index in [9.17, 15) is 5.11 Å². The Morgan fingerprint density at radius 1 is 1.18 bits per heavy atom. The number of methoxy groups -OCH3 is 1. The van der Waals surface area contributed by atoms with Crippen molar-refractivity contribution < 1.29 is 14.6 Å². The molecule has 0 atom stereocenters. The zero-order valence-corrected chi connectivity index (χ0v) is 17.0. The van der Waals surface area contributed by atoms with Crippen LogP contribution in [0.3, 0.4) is 0 Å². The summed E-state index contributed by atoms with van der Waals surface area (Å²) in [7, 11) is 1.64. The Morgan fingerprint density at radius 3 is 2.64 bits per heavy atom. The second kappa shape index (κ2) is 10.3. The number of nitrogens with zero attached hydrogens (tertiary/aromatic N) is 2. The Bertz CT molecular complexity index is 781. The number of morpholine rings is 1. The molecule has 0 aromatic heterocycles. The third-order valence-electron chi connectivity index (χ3n) is 4.75. The van der Waals surface area contributed by atoms with E-state index in [4.69, 9.17) is 21.7 Å². The minimum absolute atomic E-state index is 0.249. The lowest BCUT2D eigenvalue weighted by molar-refractivity contribution is 0.0389. The van der Waals surface area contributed by atoms with Crippen molar-refractivity contribution in [3.8, 4) is 11.5 Å². The van der Waals surface area contributed by atoms with E-state index >= 15 is 0 Å². The van der Waals surface area contributed by atoms with Crippen molar-refractivity contribution >= 4 is 23.0 Å². The average Bonchev–Trinajstić information content (AvgIpc) is 2.74. The van der Waals surface area contributed by atoms with Gasteiger partial charge in [0.15, 0.2) is 5.11 Å². The quantitative estimate of drug-likeness (QED) is 0.692. The zero-order valence-electron chi connectivity index (χ0n) is 16.1. The fraction of sp³-hybridized carbons (Fsp3) is 0.381. The standard InChI is InChI=1S/C21H27N3O3S/c1-26-20-9-5-3-7-18(20)24(16-17-6-2-4-8-19(17)25)21(28)22-10-11-23-12-14-27-15-13-23/h2-9,25H,10-16H2,1H3,(H,22,28). The van der Waals surface area contributed by atoms with Gasteiger partial charge >= 0.3 is 0 Å². The summed E-state index contributed by atoms with van der Waals surface area (Å²) in [5.41, 5.74) is 1.66. The number of rotatable bonds is 7. The molecule has 2 aromatic carbocycles. The second-order valence-corrected chi connectivity index (χ2v) is 6.96. The fourth-order valence-corrected chi connectivity index (χ4v) is 3.44. The normalized spacial score (nSPS) is 14.5. The first-order valence-electron chi connectivity index (χ1n) is 9.44. The summed E-state index contributed by atoms with van der Waals surface area (Å²) >= 11 is 5.71. The van der Waals surface area contributed by atoms with Crippen molar-refractivity contribution in [1.82, 2.24) is 10.2 Å². The van der Waals surface area contributed by atoms with Crippen LogP contribution >= 0.6 is 12.2 Å². The molecule has 2 N–H and O–H groups in total. The number of nitrogens with one attached hydrogen (secondary N) is 1. The van der Waals surface area contributed by atoms with Crippen molar-refractivity contribution in [3.63, 3.8) is 0 Å². The van der Waals surface area contributed by atoms with Crippen LogP contribution in [0.15, 0.2) is 48.5 Å². The van der Waals surface area contributed by atoms with Crippen LogP contribution in [0.5, 0.6) is 11.5 Å². The third kappa shape index (κ3) is 5.34. The number of benzene rings is 2. The SMILES string of the molecule is COc1ccccc1N(Cc1ccccc1O)C(=S)NCCN1CCOCC1. The van der Waals surface area contributed by atoms with Crippen molar-refractivity contribution in [3.05, 3.63) is 54.1 Å². The van der Waals surface area contributed by atoms with Crippen molar-refractivity contribution in [1.29, 1.82) is 0 Å². The Morgan fingerprint density at radius 2 is 1.89 bits per heavy atom. The van der Waals surface area contributed by atoms with Crippen LogP contribution in [-0.2, 0) is 11.3 Å². The molecular weight excluding hydrogens is 374 g/mol. The molecule has 0 saturated carbocycles. The van der Waals surface area contributed by atoms with E-state index in [1.165, 1.54) is 0 Å². The van der Waals surface area contributed by atoms with Crippen LogP contribution in [0.2, 0.25) is 0 Å². The van der Waals surface area contributed by atoms with E-state index in [-0.39, 0.29) is 5.75 Å². The minimum atomic E-state index is 0.249. The molecule has 3 rings (SSSR count). The van der Waals surface area contributed by atoms with Crippen LogP contribution in [-0.4, -0.2) is 61.6 Å². The molecule has 28 heavy (non-hydrogen) atoms. The molecular formula is C21H27N3O3S. The van der Waals surface area contributed by atoms with Gasteiger partial charge in [0.2, 0.25) is 0 Å². The van der Waals surface area contributed by atoms with Gasteiger partial charge in [-0.1, -0.05) is 30.3 Å². The van der Waals surface area contributed by atoms with Crippen molar-refractivity contribution in [2.45, 2.75) is 6.54 Å². The van der Waals surface area contributed by atoms with Gasteiger partial charge in [0.05, 0.1) is 32.6 Å². The maximum atomic E-state index is 10.2. The highest BCUT2D eigenvalue weighted by Gasteiger charge is 2.18. The Hall–Kier alpha value is -2.35. The van der Waals surface area contributed by atoms with E-state index in [0.29, 0.717) is 11.7 Å². The van der Waals surface area contributed by atoms with Crippen LogP contribution in [0.1, 0.15) is 5.56 Å². The van der Waals surface area contributed by atoms with Crippen LogP contribution < -0.4 is 15.0 Å². The smallest absolute Gasteiger partial charge is 0.173 e. The summed E-state index contributed by atoms with van der Waals surface area (Å²) in [5, 5.41) is 14.2. The van der Waals surface area contributed by atoms with E-state index in [2.05, 4.69) is 10.2 Å². The first kappa shape index (κ1) is 20.4. The van der Waals surface area contributed by atoms with Gasteiger partial charge in [0.1, 0.15) is 11.5 Å². The van der Waals surface area contributed by atoms with Crippen LogP contribution in [0.4, 0.5) is 5.69 Å². The Kier molecular flexibility index (Phi) is 7.47. The average molecular weight is 402 g/mol. The molecule has 0 radical (unpaired) electrons. The monoisotopic (exact) mass is 401 g/mol. The largest absolute Gasteiger partial charge is 0.508 e. The number of anilines is 1. The molecule has 1 aliphatic heterocycles. The maximum Gasteiger partial charge on any atom is 0.173 e. The van der Waals surface area contributed by atoms with E-state index in [0.717, 1.165) is 56.4 Å². The van der Waals surface area contributed by atoms with Gasteiger partial charge in [-0.25, -0.2) is 0 Å². The topological polar surface area (TPSA) is 57.2 Å². The molecule has 0 aliphatic carbocycles. The molecule has 0 amide bonds. The van der Waals surface area contributed by atoms with E-state index in [1.807, 2.05) is 47.4 Å². The third-order valence-corrected chi connectivity index (χ3v) is 5.11. The number of hydrogen-bond donors (Lipinski definition) is 2. The first-order valence-corrected chi connectivity index (χ1v) is 9.85. The lowest BCUT2D eigenvalue weighted by atomic mass is 10.1. The van der Waals surface area contributed by atoms with Crippen molar-refractivity contribution in [2.24, 2.45) is 0 Å². The van der Waals surface area contributed by atoms with Gasteiger partial charge < -0.3 is 24.8 Å². The zero-order chi connectivity index (χ0) is 19.8. The van der Waals surface area contributed by atoms with Gasteiger partial charge in [0.25, 0.3) is 0 Å².